The molecule has 1 fully saturated rings. The number of amides is 3. The van der Waals surface area contributed by atoms with Gasteiger partial charge in [0.2, 0.25) is 0 Å². The predicted molar refractivity (Wildman–Crippen MR) is 89.6 cm³/mol. The summed E-state index contributed by atoms with van der Waals surface area (Å²) in [6.07, 6.45) is 3.03. The number of carbonyl (C=O) groups is 3. The number of nitrogens with one attached hydrogen (secondary N) is 1. The fraction of sp³-hybridized carbons (Fsp3) is 0.471. The number of hydrogen-bond donors (Lipinski definition) is 2. The van der Waals surface area contributed by atoms with Gasteiger partial charge >= 0.3 is 12.0 Å². The van der Waals surface area contributed by atoms with Gasteiger partial charge in [0.25, 0.3) is 5.91 Å². The largest absolute Gasteiger partial charge is 0.452 e. The highest BCUT2D eigenvalue weighted by Crippen LogP contribution is 2.22. The van der Waals surface area contributed by atoms with E-state index >= 15 is 0 Å². The van der Waals surface area contributed by atoms with Crippen LogP contribution in [0.1, 0.15) is 43.5 Å². The second-order valence-electron chi connectivity index (χ2n) is 6.08. The third-order valence-corrected chi connectivity index (χ3v) is 4.17. The number of benzene rings is 1. The van der Waals surface area contributed by atoms with Crippen molar-refractivity contribution in [2.45, 2.75) is 45.2 Å². The first-order valence-corrected chi connectivity index (χ1v) is 8.03. The van der Waals surface area contributed by atoms with E-state index in [0.717, 1.165) is 19.3 Å². The lowest BCUT2D eigenvalue weighted by molar-refractivity contribution is -0.140. The molecule has 0 unspecified atom stereocenters. The number of rotatable bonds is 4. The Hall–Kier alpha value is -2.57. The van der Waals surface area contributed by atoms with Crippen LogP contribution in [0.25, 0.3) is 0 Å². The molecule has 0 radical (unpaired) electrons. The van der Waals surface area contributed by atoms with Crippen molar-refractivity contribution in [3.05, 3.63) is 29.8 Å². The smallest absolute Gasteiger partial charge is 0.338 e. The van der Waals surface area contributed by atoms with Crippen molar-refractivity contribution in [3.8, 4) is 0 Å². The number of nitrogens with two attached hydrogens (primary N) is 1. The monoisotopic (exact) mass is 333 g/mol. The van der Waals surface area contributed by atoms with Crippen molar-refractivity contribution in [2.24, 2.45) is 5.73 Å². The normalized spacial score (nSPS) is 20.3. The summed E-state index contributed by atoms with van der Waals surface area (Å²) in [7, 11) is 0. The third-order valence-electron chi connectivity index (χ3n) is 4.17. The summed E-state index contributed by atoms with van der Waals surface area (Å²) in [5.74, 6) is -0.803. The molecule has 3 N–H and O–H groups in total. The Morgan fingerprint density at radius 3 is 2.54 bits per heavy atom. The van der Waals surface area contributed by atoms with E-state index in [1.807, 2.05) is 13.8 Å². The van der Waals surface area contributed by atoms with Crippen LogP contribution in [0.4, 0.5) is 10.5 Å². The standard InChI is InChI=1S/C17H23N3O4/c1-11-5-3-6-12(2)20(11)15(21)10-24-16(22)13-7-4-8-14(9-13)19-17(18)23/h4,7-9,11-12H,3,5-6,10H2,1-2H3,(H3,18,19,23)/t11-,12-/m0/s1. The molecule has 2 rings (SSSR count). The summed E-state index contributed by atoms with van der Waals surface area (Å²) in [6.45, 7) is 3.73. The van der Waals surface area contributed by atoms with E-state index in [1.54, 1.807) is 23.1 Å². The maximum atomic E-state index is 12.3. The summed E-state index contributed by atoms with van der Waals surface area (Å²) >= 11 is 0. The highest BCUT2D eigenvalue weighted by Gasteiger charge is 2.29. The lowest BCUT2D eigenvalue weighted by Crippen LogP contribution is -2.49. The van der Waals surface area contributed by atoms with Crippen molar-refractivity contribution >= 4 is 23.6 Å². The maximum absolute atomic E-state index is 12.3. The molecule has 0 aliphatic carbocycles. The first-order chi connectivity index (χ1) is 11.4. The molecule has 0 bridgehead atoms. The van der Waals surface area contributed by atoms with Crippen molar-refractivity contribution in [3.63, 3.8) is 0 Å². The van der Waals surface area contributed by atoms with Gasteiger partial charge < -0.3 is 20.7 Å². The number of anilines is 1. The predicted octanol–water partition coefficient (Wildman–Crippen LogP) is 2.12. The quantitative estimate of drug-likeness (QED) is 0.824. The Morgan fingerprint density at radius 2 is 1.92 bits per heavy atom. The van der Waals surface area contributed by atoms with Gasteiger partial charge in [0.15, 0.2) is 6.61 Å². The number of likely N-dealkylation sites (tertiary alicyclic amines) is 1. The molecule has 1 aliphatic rings. The number of urea groups is 1. The molecule has 1 saturated heterocycles. The van der Waals surface area contributed by atoms with E-state index < -0.39 is 12.0 Å². The topological polar surface area (TPSA) is 102 Å². The number of ether oxygens (including phenoxy) is 1. The van der Waals surface area contributed by atoms with Crippen LogP contribution in [0, 0.1) is 0 Å². The summed E-state index contributed by atoms with van der Waals surface area (Å²) in [4.78, 5) is 37.1. The minimum Gasteiger partial charge on any atom is -0.452 e. The second-order valence-corrected chi connectivity index (χ2v) is 6.08. The highest BCUT2D eigenvalue weighted by molar-refractivity contribution is 5.94. The first-order valence-electron chi connectivity index (χ1n) is 8.03. The molecule has 7 nitrogen and oxygen atoms in total. The number of piperidine rings is 1. The zero-order chi connectivity index (χ0) is 17.7. The summed E-state index contributed by atoms with van der Waals surface area (Å²) in [5.41, 5.74) is 5.68. The van der Waals surface area contributed by atoms with Gasteiger partial charge in [0, 0.05) is 17.8 Å². The number of esters is 1. The minimum absolute atomic E-state index is 0.156. The molecule has 2 atom stereocenters. The number of primary amides is 1. The molecule has 7 heteroatoms. The minimum atomic E-state index is -0.719. The van der Waals surface area contributed by atoms with Crippen molar-refractivity contribution in [1.82, 2.24) is 4.90 Å². The molecule has 0 saturated carbocycles. The fourth-order valence-electron chi connectivity index (χ4n) is 3.06. The molecule has 130 valence electrons. The van der Waals surface area contributed by atoms with E-state index in [2.05, 4.69) is 5.32 Å². The Balaban J connectivity index is 1.95. The van der Waals surface area contributed by atoms with E-state index in [-0.39, 0.29) is 30.2 Å². The molecule has 3 amide bonds. The average Bonchev–Trinajstić information content (AvgIpc) is 2.52. The lowest BCUT2D eigenvalue weighted by atomic mass is 9.97. The zero-order valence-electron chi connectivity index (χ0n) is 14.0. The second kappa shape index (κ2) is 7.81. The van der Waals surface area contributed by atoms with Gasteiger partial charge in [-0.15, -0.1) is 0 Å². The van der Waals surface area contributed by atoms with E-state index in [9.17, 15) is 14.4 Å². The molecule has 24 heavy (non-hydrogen) atoms. The van der Waals surface area contributed by atoms with Crippen molar-refractivity contribution < 1.29 is 19.1 Å². The van der Waals surface area contributed by atoms with Gasteiger partial charge in [0.1, 0.15) is 0 Å². The van der Waals surface area contributed by atoms with Gasteiger partial charge in [-0.25, -0.2) is 9.59 Å². The lowest BCUT2D eigenvalue weighted by Gasteiger charge is -2.38. The van der Waals surface area contributed by atoms with Crippen LogP contribution >= 0.6 is 0 Å². The van der Waals surface area contributed by atoms with Gasteiger partial charge in [-0.3, -0.25) is 4.79 Å². The van der Waals surface area contributed by atoms with Crippen LogP contribution in [-0.4, -0.2) is 41.5 Å². The number of carbonyl (C=O) groups excluding carboxylic acids is 3. The van der Waals surface area contributed by atoms with E-state index in [1.165, 1.54) is 6.07 Å². The van der Waals surface area contributed by atoms with E-state index in [4.69, 9.17) is 10.5 Å². The molecule has 0 spiro atoms. The molecular formula is C17H23N3O4. The highest BCUT2D eigenvalue weighted by atomic mass is 16.5. The Labute approximate surface area is 141 Å². The molecule has 0 aromatic heterocycles. The van der Waals surface area contributed by atoms with Crippen LogP contribution in [0.15, 0.2) is 24.3 Å². The Bertz CT molecular complexity index is 622. The maximum Gasteiger partial charge on any atom is 0.338 e. The van der Waals surface area contributed by atoms with Crippen LogP contribution in [0.5, 0.6) is 0 Å². The first kappa shape index (κ1) is 17.8. The molecule has 1 heterocycles. The summed E-state index contributed by atoms with van der Waals surface area (Å²) < 4.78 is 5.13. The van der Waals surface area contributed by atoms with Gasteiger partial charge in [-0.2, -0.15) is 0 Å². The molecule has 1 aromatic carbocycles. The SMILES string of the molecule is C[C@H]1CCC[C@H](C)N1C(=O)COC(=O)c1cccc(NC(N)=O)c1. The Kier molecular flexibility index (Phi) is 5.78. The molecular weight excluding hydrogens is 310 g/mol. The number of hydrogen-bond acceptors (Lipinski definition) is 4. The Morgan fingerprint density at radius 1 is 1.25 bits per heavy atom. The van der Waals surface area contributed by atoms with Gasteiger partial charge in [-0.1, -0.05) is 6.07 Å². The summed E-state index contributed by atoms with van der Waals surface area (Å²) in [6, 6.07) is 5.78. The van der Waals surface area contributed by atoms with Crippen LogP contribution in [0.3, 0.4) is 0 Å². The van der Waals surface area contributed by atoms with Gasteiger partial charge in [0.05, 0.1) is 5.56 Å². The van der Waals surface area contributed by atoms with Crippen LogP contribution < -0.4 is 11.1 Å². The fourth-order valence-corrected chi connectivity index (χ4v) is 3.06. The summed E-state index contributed by atoms with van der Waals surface area (Å²) in [5, 5.41) is 2.38. The van der Waals surface area contributed by atoms with Crippen molar-refractivity contribution in [2.75, 3.05) is 11.9 Å². The average molecular weight is 333 g/mol. The molecule has 1 aromatic rings. The third kappa shape index (κ3) is 4.47. The van der Waals surface area contributed by atoms with Crippen molar-refractivity contribution in [1.29, 1.82) is 0 Å². The van der Waals surface area contributed by atoms with Gasteiger partial charge in [-0.05, 0) is 51.3 Å². The molecule has 1 aliphatic heterocycles. The van der Waals surface area contributed by atoms with Crippen LogP contribution in [0.2, 0.25) is 0 Å². The number of nitrogens with zero attached hydrogens (tertiary/aromatic N) is 1. The zero-order valence-corrected chi connectivity index (χ0v) is 14.0. The van der Waals surface area contributed by atoms with E-state index in [0.29, 0.717) is 5.69 Å². The van der Waals surface area contributed by atoms with Crippen LogP contribution in [-0.2, 0) is 9.53 Å².